The van der Waals surface area contributed by atoms with Gasteiger partial charge in [-0.1, -0.05) is 12.1 Å². The van der Waals surface area contributed by atoms with Crippen LogP contribution >= 0.6 is 11.8 Å². The highest BCUT2D eigenvalue weighted by Crippen LogP contribution is 2.24. The number of ether oxygens (including phenoxy) is 1. The molecule has 1 aromatic rings. The minimum absolute atomic E-state index is 0.0758. The van der Waals surface area contributed by atoms with Crippen molar-refractivity contribution in [3.05, 3.63) is 24.3 Å². The Bertz CT molecular complexity index is 504. The van der Waals surface area contributed by atoms with Crippen LogP contribution in [-0.4, -0.2) is 42.5 Å². The van der Waals surface area contributed by atoms with Crippen LogP contribution in [0.3, 0.4) is 0 Å². The molecule has 0 saturated carbocycles. The van der Waals surface area contributed by atoms with Crippen molar-refractivity contribution in [3.8, 4) is 5.75 Å². The number of nitrogens with one attached hydrogen (secondary N) is 2. The van der Waals surface area contributed by atoms with Crippen molar-refractivity contribution < 1.29 is 14.3 Å². The molecule has 21 heavy (non-hydrogen) atoms. The van der Waals surface area contributed by atoms with Gasteiger partial charge in [0.25, 0.3) is 0 Å². The van der Waals surface area contributed by atoms with E-state index in [1.165, 1.54) is 0 Å². The molecule has 0 radical (unpaired) electrons. The van der Waals surface area contributed by atoms with Crippen LogP contribution in [0.25, 0.3) is 0 Å². The Labute approximate surface area is 127 Å². The Morgan fingerprint density at radius 1 is 1.43 bits per heavy atom. The van der Waals surface area contributed by atoms with Crippen molar-refractivity contribution in [3.63, 3.8) is 0 Å². The highest BCUT2D eigenvalue weighted by atomic mass is 32.2. The molecule has 0 aromatic heterocycles. The predicted octanol–water partition coefficient (Wildman–Crippen LogP) is 0.584. The van der Waals surface area contributed by atoms with Gasteiger partial charge in [-0.25, -0.2) is 0 Å². The summed E-state index contributed by atoms with van der Waals surface area (Å²) >= 11 is 1.76. The lowest BCUT2D eigenvalue weighted by Gasteiger charge is -2.22. The maximum Gasteiger partial charge on any atom is 0.242 e. The molecule has 6 nitrogen and oxygen atoms in total. The first-order valence-corrected chi connectivity index (χ1v) is 7.94. The van der Waals surface area contributed by atoms with E-state index in [0.717, 1.165) is 18.1 Å². The van der Waals surface area contributed by atoms with Gasteiger partial charge in [0.2, 0.25) is 11.8 Å². The quantitative estimate of drug-likeness (QED) is 0.715. The zero-order valence-corrected chi connectivity index (χ0v) is 12.4. The van der Waals surface area contributed by atoms with Crippen LogP contribution in [0.1, 0.15) is 6.42 Å². The number of amides is 2. The van der Waals surface area contributed by atoms with Crippen molar-refractivity contribution in [2.24, 2.45) is 5.73 Å². The monoisotopic (exact) mass is 309 g/mol. The number of nitrogens with two attached hydrogens (primary N) is 1. The second-order valence-electron chi connectivity index (χ2n) is 4.63. The summed E-state index contributed by atoms with van der Waals surface area (Å²) in [6, 6.07) is 6.96. The lowest BCUT2D eigenvalue weighted by Crippen LogP contribution is -2.46. The van der Waals surface area contributed by atoms with Crippen LogP contribution in [0.2, 0.25) is 0 Å². The first-order valence-electron chi connectivity index (χ1n) is 6.79. The van der Waals surface area contributed by atoms with E-state index in [1.807, 2.05) is 12.1 Å². The molecular formula is C14H19N3O3S. The van der Waals surface area contributed by atoms with Gasteiger partial charge in [-0.2, -0.15) is 11.8 Å². The number of primary amides is 1. The molecule has 1 aliphatic rings. The Balaban J connectivity index is 1.95. The van der Waals surface area contributed by atoms with Gasteiger partial charge in [-0.3, -0.25) is 9.59 Å². The van der Waals surface area contributed by atoms with Gasteiger partial charge in [0.1, 0.15) is 5.75 Å². The molecule has 1 heterocycles. The predicted molar refractivity (Wildman–Crippen MR) is 83.5 cm³/mol. The fourth-order valence-corrected chi connectivity index (χ4v) is 2.84. The fourth-order valence-electron chi connectivity index (χ4n) is 1.91. The van der Waals surface area contributed by atoms with Crippen LogP contribution in [0, 0.1) is 0 Å². The van der Waals surface area contributed by atoms with Crippen LogP contribution in [0.5, 0.6) is 5.75 Å². The molecule has 1 aliphatic heterocycles. The number of hydrogen-bond acceptors (Lipinski definition) is 5. The first-order chi connectivity index (χ1) is 10.2. The van der Waals surface area contributed by atoms with E-state index in [9.17, 15) is 9.59 Å². The standard InChI is InChI=1S/C14H19N3O3S/c15-13(18)5-7-20-12-4-2-1-3-10(12)17-14(19)11-9-21-8-6-16-11/h1-4,11,16H,5-9H2,(H2,15,18)(H,17,19). The lowest BCUT2D eigenvalue weighted by atomic mass is 10.2. The van der Waals surface area contributed by atoms with E-state index in [1.54, 1.807) is 23.9 Å². The SMILES string of the molecule is NC(=O)CCOc1ccccc1NC(=O)C1CSCCN1. The van der Waals surface area contributed by atoms with Gasteiger partial charge in [-0.05, 0) is 12.1 Å². The number of carbonyl (C=O) groups is 2. The molecule has 4 N–H and O–H groups in total. The summed E-state index contributed by atoms with van der Waals surface area (Å²) in [7, 11) is 0. The van der Waals surface area contributed by atoms with E-state index < -0.39 is 5.91 Å². The maximum absolute atomic E-state index is 12.2. The van der Waals surface area contributed by atoms with Gasteiger partial charge in [0.15, 0.2) is 0 Å². The van der Waals surface area contributed by atoms with Crippen LogP contribution in [0.4, 0.5) is 5.69 Å². The van der Waals surface area contributed by atoms with Gasteiger partial charge in [0.05, 0.1) is 24.8 Å². The molecule has 1 unspecified atom stereocenters. The topological polar surface area (TPSA) is 93.5 Å². The average molecular weight is 309 g/mol. The zero-order valence-electron chi connectivity index (χ0n) is 11.6. The number of anilines is 1. The smallest absolute Gasteiger partial charge is 0.242 e. The minimum atomic E-state index is -0.417. The third-order valence-corrected chi connectivity index (χ3v) is 4.05. The molecule has 114 valence electrons. The highest BCUT2D eigenvalue weighted by molar-refractivity contribution is 7.99. The second kappa shape index (κ2) is 7.90. The van der Waals surface area contributed by atoms with Crippen molar-refractivity contribution in [2.75, 3.05) is 30.0 Å². The molecule has 7 heteroatoms. The number of para-hydroxylation sites is 2. The number of carbonyl (C=O) groups excluding carboxylic acids is 2. The van der Waals surface area contributed by atoms with Gasteiger partial charge >= 0.3 is 0 Å². The van der Waals surface area contributed by atoms with Crippen molar-refractivity contribution >= 4 is 29.3 Å². The Kier molecular flexibility index (Phi) is 5.89. The van der Waals surface area contributed by atoms with Crippen molar-refractivity contribution in [1.29, 1.82) is 0 Å². The largest absolute Gasteiger partial charge is 0.491 e. The molecule has 2 rings (SSSR count). The van der Waals surface area contributed by atoms with Gasteiger partial charge in [-0.15, -0.1) is 0 Å². The minimum Gasteiger partial charge on any atom is -0.491 e. The summed E-state index contributed by atoms with van der Waals surface area (Å²) in [5.41, 5.74) is 5.67. The Morgan fingerprint density at radius 2 is 2.24 bits per heavy atom. The molecule has 1 aromatic carbocycles. The summed E-state index contributed by atoms with van der Waals surface area (Å²) in [6.45, 7) is 1.03. The number of rotatable bonds is 6. The van der Waals surface area contributed by atoms with E-state index in [2.05, 4.69) is 10.6 Å². The summed E-state index contributed by atoms with van der Waals surface area (Å²) in [5.74, 6) is 1.83. The van der Waals surface area contributed by atoms with Crippen LogP contribution < -0.4 is 21.1 Å². The van der Waals surface area contributed by atoms with Crippen molar-refractivity contribution in [2.45, 2.75) is 12.5 Å². The molecule has 0 bridgehead atoms. The lowest BCUT2D eigenvalue weighted by molar-refractivity contribution is -0.119. The maximum atomic E-state index is 12.2. The van der Waals surface area contributed by atoms with Gasteiger partial charge in [0, 0.05) is 18.1 Å². The summed E-state index contributed by atoms with van der Waals surface area (Å²) < 4.78 is 5.50. The average Bonchev–Trinajstić information content (AvgIpc) is 2.49. The fraction of sp³-hybridized carbons (Fsp3) is 0.429. The molecular weight excluding hydrogens is 290 g/mol. The van der Waals surface area contributed by atoms with Crippen LogP contribution in [-0.2, 0) is 9.59 Å². The first kappa shape index (κ1) is 15.7. The number of thioether (sulfide) groups is 1. The molecule has 2 amide bonds. The molecule has 1 atom stereocenters. The summed E-state index contributed by atoms with van der Waals surface area (Å²) in [5, 5.41) is 6.04. The molecule has 1 saturated heterocycles. The number of benzene rings is 1. The van der Waals surface area contributed by atoms with E-state index >= 15 is 0 Å². The molecule has 0 spiro atoms. The van der Waals surface area contributed by atoms with E-state index in [0.29, 0.717) is 11.4 Å². The Hall–Kier alpha value is -1.73. The van der Waals surface area contributed by atoms with E-state index in [4.69, 9.17) is 10.5 Å². The molecule has 0 aliphatic carbocycles. The Morgan fingerprint density at radius 3 is 2.95 bits per heavy atom. The third-order valence-electron chi connectivity index (χ3n) is 2.99. The molecule has 1 fully saturated rings. The second-order valence-corrected chi connectivity index (χ2v) is 5.78. The summed E-state index contributed by atoms with van der Waals surface area (Å²) in [6.07, 6.45) is 0.142. The highest BCUT2D eigenvalue weighted by Gasteiger charge is 2.21. The van der Waals surface area contributed by atoms with Crippen molar-refractivity contribution in [1.82, 2.24) is 5.32 Å². The zero-order chi connectivity index (χ0) is 15.1. The van der Waals surface area contributed by atoms with Crippen LogP contribution in [0.15, 0.2) is 24.3 Å². The number of hydrogen-bond donors (Lipinski definition) is 3. The van der Waals surface area contributed by atoms with E-state index in [-0.39, 0.29) is 25.0 Å². The normalized spacial score (nSPS) is 18.0. The van der Waals surface area contributed by atoms with Gasteiger partial charge < -0.3 is 21.1 Å². The third kappa shape index (κ3) is 4.95. The summed E-state index contributed by atoms with van der Waals surface area (Å²) in [4.78, 5) is 22.9.